The van der Waals surface area contributed by atoms with Crippen LogP contribution in [0.15, 0.2) is 59.9 Å². The smallest absolute Gasteiger partial charge is 0.271 e. The number of hydrogen-bond donors (Lipinski definition) is 2. The lowest BCUT2D eigenvalue weighted by molar-refractivity contribution is 0.0946. The number of nitrogens with zero attached hydrogens (tertiary/aromatic N) is 3. The Morgan fingerprint density at radius 1 is 1.20 bits per heavy atom. The van der Waals surface area contributed by atoms with E-state index in [9.17, 15) is 4.79 Å². The van der Waals surface area contributed by atoms with Crippen molar-refractivity contribution in [2.24, 2.45) is 4.99 Å². The Hall–Kier alpha value is -3.69. The number of aliphatic hydroxyl groups is 1. The van der Waals surface area contributed by atoms with Crippen molar-refractivity contribution < 1.29 is 9.90 Å². The molecule has 0 saturated carbocycles. The van der Waals surface area contributed by atoms with E-state index >= 15 is 0 Å². The number of rotatable bonds is 6. The Morgan fingerprint density at radius 3 is 2.80 bits per heavy atom. The van der Waals surface area contributed by atoms with Gasteiger partial charge < -0.3 is 10.4 Å². The van der Waals surface area contributed by atoms with Gasteiger partial charge in [0.1, 0.15) is 6.33 Å². The first-order valence-corrected chi connectivity index (χ1v) is 9.89. The van der Waals surface area contributed by atoms with Crippen molar-refractivity contribution in [1.29, 1.82) is 0 Å². The zero-order valence-electron chi connectivity index (χ0n) is 16.5. The van der Waals surface area contributed by atoms with Gasteiger partial charge in [-0.25, -0.2) is 4.98 Å². The van der Waals surface area contributed by atoms with Crippen LogP contribution in [0.25, 0.3) is 5.69 Å². The van der Waals surface area contributed by atoms with Crippen molar-refractivity contribution in [1.82, 2.24) is 14.9 Å². The van der Waals surface area contributed by atoms with E-state index in [2.05, 4.69) is 16.2 Å². The Kier molecular flexibility index (Phi) is 5.73. The van der Waals surface area contributed by atoms with Gasteiger partial charge in [0.25, 0.3) is 5.91 Å². The van der Waals surface area contributed by atoms with E-state index in [-0.39, 0.29) is 12.5 Å². The highest BCUT2D eigenvalue weighted by atomic mass is 16.3. The minimum absolute atomic E-state index is 0.114. The Bertz CT molecular complexity index is 1140. The van der Waals surface area contributed by atoms with Crippen LogP contribution in [0.3, 0.4) is 0 Å². The molecule has 1 amide bonds. The molecular formula is C24H22N4O2. The number of unbranched alkanes of at least 4 members (excludes halogenated alkanes) is 1. The van der Waals surface area contributed by atoms with Gasteiger partial charge >= 0.3 is 0 Å². The largest absolute Gasteiger partial charge is 0.396 e. The first-order chi connectivity index (χ1) is 14.7. The molecule has 0 saturated heterocycles. The summed E-state index contributed by atoms with van der Waals surface area (Å²) in [6, 6.07) is 15.7. The maximum Gasteiger partial charge on any atom is 0.271 e. The van der Waals surface area contributed by atoms with Gasteiger partial charge in [0.2, 0.25) is 0 Å². The van der Waals surface area contributed by atoms with Gasteiger partial charge in [-0.15, -0.1) is 6.42 Å². The number of aromatic nitrogens is 2. The fourth-order valence-corrected chi connectivity index (χ4v) is 3.55. The zero-order chi connectivity index (χ0) is 20.9. The number of carbonyl (C=O) groups is 1. The molecule has 0 fully saturated rings. The fraction of sp³-hybridized carbons (Fsp3) is 0.208. The molecule has 150 valence electrons. The zero-order valence-corrected chi connectivity index (χ0v) is 16.5. The molecule has 0 unspecified atom stereocenters. The predicted octanol–water partition coefficient (Wildman–Crippen LogP) is 2.71. The lowest BCUT2D eigenvalue weighted by Gasteiger charge is -2.12. The molecule has 0 aliphatic carbocycles. The third-order valence-corrected chi connectivity index (χ3v) is 5.06. The van der Waals surface area contributed by atoms with Crippen LogP contribution in [0.5, 0.6) is 0 Å². The molecule has 0 radical (unpaired) electrons. The van der Waals surface area contributed by atoms with Gasteiger partial charge in [-0.05, 0) is 31.0 Å². The summed E-state index contributed by atoms with van der Waals surface area (Å²) >= 11 is 0. The molecule has 0 spiro atoms. The minimum atomic E-state index is -0.234. The van der Waals surface area contributed by atoms with Crippen molar-refractivity contribution in [3.05, 3.63) is 82.9 Å². The third-order valence-electron chi connectivity index (χ3n) is 5.06. The molecule has 0 bridgehead atoms. The lowest BCUT2D eigenvalue weighted by atomic mass is 9.98. The second-order valence-electron chi connectivity index (χ2n) is 7.00. The highest BCUT2D eigenvalue weighted by molar-refractivity contribution is 6.15. The molecule has 1 aliphatic rings. The number of carbonyl (C=O) groups excluding carboxylic acids is 1. The first kappa shape index (κ1) is 19.6. The van der Waals surface area contributed by atoms with Crippen molar-refractivity contribution in [2.45, 2.75) is 19.4 Å². The maximum absolute atomic E-state index is 12.7. The molecule has 1 aromatic heterocycles. The van der Waals surface area contributed by atoms with E-state index in [1.54, 1.807) is 6.33 Å². The molecule has 2 N–H and O–H groups in total. The van der Waals surface area contributed by atoms with Gasteiger partial charge in [0, 0.05) is 29.8 Å². The highest BCUT2D eigenvalue weighted by Gasteiger charge is 2.24. The van der Waals surface area contributed by atoms with E-state index in [0.717, 1.165) is 33.8 Å². The van der Waals surface area contributed by atoms with Crippen LogP contribution in [-0.2, 0) is 6.54 Å². The summed E-state index contributed by atoms with van der Waals surface area (Å²) in [5, 5.41) is 11.8. The van der Waals surface area contributed by atoms with Crippen molar-refractivity contribution in [3.8, 4) is 18.0 Å². The molecule has 2 heterocycles. The van der Waals surface area contributed by atoms with Crippen molar-refractivity contribution >= 4 is 11.6 Å². The van der Waals surface area contributed by atoms with Crippen LogP contribution >= 0.6 is 0 Å². The Balaban J connectivity index is 1.76. The molecule has 1 aliphatic heterocycles. The van der Waals surface area contributed by atoms with Crippen LogP contribution in [0.4, 0.5) is 0 Å². The Morgan fingerprint density at radius 2 is 2.03 bits per heavy atom. The first-order valence-electron chi connectivity index (χ1n) is 9.89. The van der Waals surface area contributed by atoms with Crippen molar-refractivity contribution in [3.63, 3.8) is 0 Å². The fourth-order valence-electron chi connectivity index (χ4n) is 3.55. The van der Waals surface area contributed by atoms with Crippen LogP contribution in [-0.4, -0.2) is 39.4 Å². The monoisotopic (exact) mass is 398 g/mol. The van der Waals surface area contributed by atoms with Crippen LogP contribution < -0.4 is 5.32 Å². The summed E-state index contributed by atoms with van der Waals surface area (Å²) in [7, 11) is 0. The van der Waals surface area contributed by atoms with Gasteiger partial charge in [-0.3, -0.25) is 14.4 Å². The van der Waals surface area contributed by atoms with Crippen LogP contribution in [0.1, 0.15) is 45.7 Å². The lowest BCUT2D eigenvalue weighted by Crippen LogP contribution is -2.26. The van der Waals surface area contributed by atoms with Gasteiger partial charge in [-0.1, -0.05) is 36.3 Å². The summed E-state index contributed by atoms with van der Waals surface area (Å²) < 4.78 is 1.91. The number of aliphatic imine (C=N–C) groups is 1. The number of nitrogens with one attached hydrogen (secondary N) is 1. The average Bonchev–Trinajstić information content (AvgIpc) is 3.14. The molecule has 6 heteroatoms. The van der Waals surface area contributed by atoms with Gasteiger partial charge in [-0.2, -0.15) is 0 Å². The molecule has 30 heavy (non-hydrogen) atoms. The molecule has 4 rings (SSSR count). The standard InChI is InChI=1S/C24H22N4O2/c1-2-17-10-11-20-19(14-17)22(18-8-4-3-5-9-18)26-15-21-23(27-16-28(20)21)24(30)25-12-6-7-13-29/h1,3-5,8-11,14,16,29H,6-7,12-13,15H2,(H,25,30). The second-order valence-corrected chi connectivity index (χ2v) is 7.00. The SMILES string of the molecule is C#Cc1ccc2c(c1)C(c1ccccc1)=NCc1c(C(=O)NCCCCO)ncn1-2. The number of amides is 1. The molecule has 3 aromatic rings. The van der Waals surface area contributed by atoms with Crippen LogP contribution in [0.2, 0.25) is 0 Å². The number of aliphatic hydroxyl groups excluding tert-OH is 1. The number of imidazole rings is 1. The predicted molar refractivity (Wildman–Crippen MR) is 116 cm³/mol. The summed E-state index contributed by atoms with van der Waals surface area (Å²) in [6.45, 7) is 0.930. The quantitative estimate of drug-likeness (QED) is 0.495. The molecule has 2 aromatic carbocycles. The van der Waals surface area contributed by atoms with Gasteiger partial charge in [0.15, 0.2) is 5.69 Å². The summed E-state index contributed by atoms with van der Waals surface area (Å²) in [5.74, 6) is 2.45. The van der Waals surface area contributed by atoms with E-state index in [0.29, 0.717) is 31.6 Å². The number of terminal acetylenes is 1. The summed E-state index contributed by atoms with van der Waals surface area (Å²) in [5.41, 5.74) is 5.48. The third kappa shape index (κ3) is 3.76. The number of fused-ring (bicyclic) bond motifs is 3. The second kappa shape index (κ2) is 8.76. The molecule has 0 atom stereocenters. The van der Waals surface area contributed by atoms with Gasteiger partial charge in [0.05, 0.1) is 23.6 Å². The van der Waals surface area contributed by atoms with E-state index in [1.165, 1.54) is 0 Å². The topological polar surface area (TPSA) is 79.5 Å². The number of benzene rings is 2. The molecule has 6 nitrogen and oxygen atoms in total. The van der Waals surface area contributed by atoms with E-state index in [4.69, 9.17) is 16.5 Å². The average molecular weight is 398 g/mol. The highest BCUT2D eigenvalue weighted by Crippen LogP contribution is 2.27. The summed E-state index contributed by atoms with van der Waals surface area (Å²) in [4.78, 5) is 21.9. The number of hydrogen-bond acceptors (Lipinski definition) is 4. The van der Waals surface area contributed by atoms with Crippen LogP contribution in [0, 0.1) is 12.3 Å². The van der Waals surface area contributed by atoms with E-state index in [1.807, 2.05) is 53.1 Å². The van der Waals surface area contributed by atoms with Crippen molar-refractivity contribution in [2.75, 3.05) is 13.2 Å². The maximum atomic E-state index is 12.7. The Labute approximate surface area is 175 Å². The normalized spacial score (nSPS) is 12.2. The van der Waals surface area contributed by atoms with E-state index < -0.39 is 0 Å². The minimum Gasteiger partial charge on any atom is -0.396 e. The molecular weight excluding hydrogens is 376 g/mol. The summed E-state index contributed by atoms with van der Waals surface area (Å²) in [6.07, 6.45) is 8.66.